The predicted molar refractivity (Wildman–Crippen MR) is 81.9 cm³/mol. The second kappa shape index (κ2) is 4.84. The number of hydrogen-bond acceptors (Lipinski definition) is 4. The molecule has 4 nitrogen and oxygen atoms in total. The topological polar surface area (TPSA) is 51.8 Å². The van der Waals surface area contributed by atoms with Crippen molar-refractivity contribution in [2.75, 3.05) is 0 Å². The van der Waals surface area contributed by atoms with Gasteiger partial charge in [0.15, 0.2) is 5.69 Å². The van der Waals surface area contributed by atoms with E-state index >= 15 is 0 Å². The van der Waals surface area contributed by atoms with Crippen molar-refractivity contribution >= 4 is 35.3 Å². The number of rotatable bonds is 2. The van der Waals surface area contributed by atoms with E-state index in [1.54, 1.807) is 24.4 Å². The zero-order chi connectivity index (χ0) is 16.0. The molecule has 0 saturated carbocycles. The number of fused-ring (bicyclic) bond motifs is 2. The standard InChI is InChI=1S/C16H8BF2N3O/c17-11-7-12-14(22-23-15(12)21-8-11)16(18,19)10-3-4-13-9(6-10)2-1-5-20-13/h1-8H. The van der Waals surface area contributed by atoms with Gasteiger partial charge in [0.1, 0.15) is 7.85 Å². The number of halogens is 2. The van der Waals surface area contributed by atoms with Gasteiger partial charge in [-0.2, -0.15) is 8.78 Å². The summed E-state index contributed by atoms with van der Waals surface area (Å²) in [5, 5.41) is 4.22. The maximum Gasteiger partial charge on any atom is 0.319 e. The maximum absolute atomic E-state index is 14.9. The van der Waals surface area contributed by atoms with Gasteiger partial charge in [-0.05, 0) is 18.2 Å². The van der Waals surface area contributed by atoms with Crippen molar-refractivity contribution in [3.05, 3.63) is 60.0 Å². The Morgan fingerprint density at radius 2 is 1.96 bits per heavy atom. The first-order chi connectivity index (χ1) is 11.1. The van der Waals surface area contributed by atoms with Crippen molar-refractivity contribution < 1.29 is 13.3 Å². The van der Waals surface area contributed by atoms with Crippen LogP contribution in [0.5, 0.6) is 0 Å². The van der Waals surface area contributed by atoms with E-state index in [1.807, 2.05) is 0 Å². The van der Waals surface area contributed by atoms with Crippen molar-refractivity contribution in [1.82, 2.24) is 15.1 Å². The Bertz CT molecular complexity index is 1030. The molecular formula is C16H8BF2N3O. The molecular weight excluding hydrogens is 299 g/mol. The highest BCUT2D eigenvalue weighted by Gasteiger charge is 2.39. The summed E-state index contributed by atoms with van der Waals surface area (Å²) in [6.45, 7) is 0. The first kappa shape index (κ1) is 13.8. The zero-order valence-corrected chi connectivity index (χ0v) is 11.7. The third-order valence-corrected chi connectivity index (χ3v) is 3.61. The molecule has 4 rings (SSSR count). The molecule has 0 aliphatic heterocycles. The SMILES string of the molecule is [B]c1cnc2onc(C(F)(F)c3ccc4ncccc4c3)c2c1. The molecule has 110 valence electrons. The van der Waals surface area contributed by atoms with Crippen LogP contribution in [0.1, 0.15) is 11.3 Å². The number of pyridine rings is 2. The van der Waals surface area contributed by atoms with Crippen LogP contribution in [0.25, 0.3) is 22.0 Å². The van der Waals surface area contributed by atoms with Gasteiger partial charge in [0, 0.05) is 23.3 Å². The van der Waals surface area contributed by atoms with Crippen molar-refractivity contribution in [2.45, 2.75) is 5.92 Å². The van der Waals surface area contributed by atoms with Gasteiger partial charge < -0.3 is 4.52 Å². The van der Waals surface area contributed by atoms with E-state index in [-0.39, 0.29) is 22.1 Å². The summed E-state index contributed by atoms with van der Waals surface area (Å²) < 4.78 is 34.7. The first-order valence-corrected chi connectivity index (χ1v) is 6.80. The minimum atomic E-state index is -3.34. The molecule has 0 aliphatic rings. The second-order valence-electron chi connectivity index (χ2n) is 5.14. The van der Waals surface area contributed by atoms with E-state index in [0.29, 0.717) is 10.9 Å². The Morgan fingerprint density at radius 3 is 2.83 bits per heavy atom. The summed E-state index contributed by atoms with van der Waals surface area (Å²) in [7, 11) is 5.62. The van der Waals surface area contributed by atoms with E-state index in [0.717, 1.165) is 0 Å². The molecule has 0 unspecified atom stereocenters. The van der Waals surface area contributed by atoms with Gasteiger partial charge in [0.2, 0.25) is 0 Å². The average Bonchev–Trinajstić information content (AvgIpc) is 2.98. The van der Waals surface area contributed by atoms with Gasteiger partial charge in [0.25, 0.3) is 5.71 Å². The lowest BCUT2D eigenvalue weighted by atomic mass is 9.95. The number of nitrogens with zero attached hydrogens (tertiary/aromatic N) is 3. The van der Waals surface area contributed by atoms with E-state index < -0.39 is 11.6 Å². The van der Waals surface area contributed by atoms with Crippen LogP contribution >= 0.6 is 0 Å². The maximum atomic E-state index is 14.9. The lowest BCUT2D eigenvalue weighted by Crippen LogP contribution is -2.16. The van der Waals surface area contributed by atoms with Crippen molar-refractivity contribution in [2.24, 2.45) is 0 Å². The van der Waals surface area contributed by atoms with E-state index in [9.17, 15) is 8.78 Å². The van der Waals surface area contributed by atoms with Crippen LogP contribution < -0.4 is 5.46 Å². The van der Waals surface area contributed by atoms with Gasteiger partial charge in [0.05, 0.1) is 10.9 Å². The molecule has 0 spiro atoms. The summed E-state index contributed by atoms with van der Waals surface area (Å²) >= 11 is 0. The second-order valence-corrected chi connectivity index (χ2v) is 5.14. The Balaban J connectivity index is 1.91. The highest BCUT2D eigenvalue weighted by molar-refractivity contribution is 6.32. The van der Waals surface area contributed by atoms with Crippen molar-refractivity contribution in [1.29, 1.82) is 0 Å². The van der Waals surface area contributed by atoms with Crippen molar-refractivity contribution in [3.8, 4) is 0 Å². The summed E-state index contributed by atoms with van der Waals surface area (Å²) in [6, 6.07) is 9.07. The van der Waals surface area contributed by atoms with Crippen molar-refractivity contribution in [3.63, 3.8) is 0 Å². The Labute approximate surface area is 130 Å². The Hall–Kier alpha value is -2.83. The van der Waals surface area contributed by atoms with E-state index in [2.05, 4.69) is 15.1 Å². The molecule has 0 atom stereocenters. The van der Waals surface area contributed by atoms with Gasteiger partial charge in [-0.15, -0.1) is 0 Å². The number of benzene rings is 1. The van der Waals surface area contributed by atoms with Crippen LogP contribution in [-0.2, 0) is 5.92 Å². The molecule has 0 bridgehead atoms. The van der Waals surface area contributed by atoms with Crippen LogP contribution in [0.4, 0.5) is 8.78 Å². The lowest BCUT2D eigenvalue weighted by molar-refractivity contribution is 0.0362. The molecule has 0 N–H and O–H groups in total. The summed E-state index contributed by atoms with van der Waals surface area (Å²) in [5.41, 5.74) is 0.228. The fraction of sp³-hybridized carbons (Fsp3) is 0.0625. The summed E-state index contributed by atoms with van der Waals surface area (Å²) in [5.74, 6) is -3.34. The van der Waals surface area contributed by atoms with E-state index in [4.69, 9.17) is 12.4 Å². The minimum absolute atomic E-state index is 0.0244. The number of aromatic nitrogens is 3. The summed E-state index contributed by atoms with van der Waals surface area (Å²) in [4.78, 5) is 7.98. The average molecular weight is 307 g/mol. The third kappa shape index (κ3) is 2.16. The molecule has 4 aromatic rings. The molecule has 1 aromatic carbocycles. The van der Waals surface area contributed by atoms with Crippen LogP contribution in [0.3, 0.4) is 0 Å². The van der Waals surface area contributed by atoms with Crippen LogP contribution in [0.15, 0.2) is 53.3 Å². The molecule has 3 heterocycles. The van der Waals surface area contributed by atoms with Gasteiger partial charge >= 0.3 is 5.92 Å². The quantitative estimate of drug-likeness (QED) is 0.534. The predicted octanol–water partition coefficient (Wildman–Crippen LogP) is 2.70. The number of hydrogen-bond donors (Lipinski definition) is 0. The highest BCUT2D eigenvalue weighted by atomic mass is 19.3. The molecule has 0 amide bonds. The smallest absolute Gasteiger partial charge is 0.319 e. The van der Waals surface area contributed by atoms with Gasteiger partial charge in [-0.3, -0.25) is 4.98 Å². The highest BCUT2D eigenvalue weighted by Crippen LogP contribution is 2.38. The summed E-state index contributed by atoms with van der Waals surface area (Å²) in [6.07, 6.45) is 2.94. The fourth-order valence-electron chi connectivity index (χ4n) is 2.48. The first-order valence-electron chi connectivity index (χ1n) is 6.80. The molecule has 23 heavy (non-hydrogen) atoms. The third-order valence-electron chi connectivity index (χ3n) is 3.61. The zero-order valence-electron chi connectivity index (χ0n) is 11.7. The molecule has 2 radical (unpaired) electrons. The molecule has 0 saturated heterocycles. The minimum Gasteiger partial charge on any atom is -0.335 e. The number of alkyl halides is 2. The van der Waals surface area contributed by atoms with Crippen LogP contribution in [-0.4, -0.2) is 23.0 Å². The molecule has 0 aliphatic carbocycles. The fourth-order valence-corrected chi connectivity index (χ4v) is 2.48. The van der Waals surface area contributed by atoms with E-state index in [1.165, 1.54) is 24.4 Å². The molecule has 7 heteroatoms. The monoisotopic (exact) mass is 307 g/mol. The molecule has 3 aromatic heterocycles. The van der Waals surface area contributed by atoms with Gasteiger partial charge in [-0.25, -0.2) is 4.98 Å². The normalized spacial score (nSPS) is 12.1. The Kier molecular flexibility index (Phi) is 2.91. The Morgan fingerprint density at radius 1 is 1.09 bits per heavy atom. The van der Waals surface area contributed by atoms with Crippen LogP contribution in [0.2, 0.25) is 0 Å². The largest absolute Gasteiger partial charge is 0.335 e. The van der Waals surface area contributed by atoms with Gasteiger partial charge in [-0.1, -0.05) is 28.8 Å². The lowest BCUT2D eigenvalue weighted by Gasteiger charge is -2.14. The van der Waals surface area contributed by atoms with Crippen LogP contribution in [0, 0.1) is 0 Å². The molecule has 0 fully saturated rings.